The van der Waals surface area contributed by atoms with E-state index in [2.05, 4.69) is 4.74 Å². The zero-order chi connectivity index (χ0) is 15.3. The second-order valence-corrected chi connectivity index (χ2v) is 6.08. The zero-order valence-corrected chi connectivity index (χ0v) is 11.4. The maximum absolute atomic E-state index is 13.1. The average molecular weight is 308 g/mol. The molecule has 0 heterocycles. The number of halogens is 4. The number of hydrogen-bond acceptors (Lipinski definition) is 4. The number of carbonyl (C=O) groups is 1. The smallest absolute Gasteiger partial charge is 0.406 e. The lowest BCUT2D eigenvalue weighted by atomic mass is 10.1. The fourth-order valence-electron chi connectivity index (χ4n) is 1.15. The van der Waals surface area contributed by atoms with Crippen molar-refractivity contribution in [2.24, 2.45) is 0 Å². The van der Waals surface area contributed by atoms with Crippen LogP contribution >= 0.6 is 0 Å². The molecule has 114 valence electrons. The Morgan fingerprint density at radius 3 is 2.11 bits per heavy atom. The average Bonchev–Trinajstić information content (AvgIpc) is 2.26. The lowest BCUT2D eigenvalue weighted by Crippen LogP contribution is -2.46. The Labute approximate surface area is 109 Å². The Balaban J connectivity index is 4.29. The van der Waals surface area contributed by atoms with Crippen LogP contribution in [0.15, 0.2) is 0 Å². The molecule has 0 saturated carbocycles. The predicted octanol–water partition coefficient (Wildman–Crippen LogP) is 2.38. The van der Waals surface area contributed by atoms with Crippen molar-refractivity contribution in [2.75, 3.05) is 12.9 Å². The highest BCUT2D eigenvalue weighted by Gasteiger charge is 2.62. The monoisotopic (exact) mass is 308 g/mol. The second-order valence-electron chi connectivity index (χ2n) is 4.02. The first-order valence-corrected chi connectivity index (χ1v) is 7.45. The number of ether oxygens (including phenoxy) is 1. The molecule has 0 spiro atoms. The molecule has 0 radical (unpaired) electrons. The summed E-state index contributed by atoms with van der Waals surface area (Å²) in [7, 11) is -5.19. The highest BCUT2D eigenvalue weighted by atomic mass is 32.2. The third-order valence-electron chi connectivity index (χ3n) is 2.33. The molecule has 0 aromatic carbocycles. The van der Waals surface area contributed by atoms with Gasteiger partial charge in [0.25, 0.3) is 0 Å². The highest BCUT2D eigenvalue weighted by Crippen LogP contribution is 2.41. The molecule has 0 unspecified atom stereocenters. The molecule has 9 heteroatoms. The van der Waals surface area contributed by atoms with E-state index in [-0.39, 0.29) is 32.1 Å². The van der Waals surface area contributed by atoms with Crippen LogP contribution in [0.1, 0.15) is 32.6 Å². The van der Waals surface area contributed by atoms with E-state index in [4.69, 9.17) is 0 Å². The number of carbonyl (C=O) groups excluding carboxylic acids is 1. The van der Waals surface area contributed by atoms with Crippen LogP contribution in [0.2, 0.25) is 0 Å². The lowest BCUT2D eigenvalue weighted by molar-refractivity contribution is -0.161. The number of esters is 1. The van der Waals surface area contributed by atoms with Crippen molar-refractivity contribution in [3.8, 4) is 0 Å². The van der Waals surface area contributed by atoms with Crippen LogP contribution in [-0.2, 0) is 19.4 Å². The van der Waals surface area contributed by atoms with Crippen molar-refractivity contribution in [3.05, 3.63) is 0 Å². The standard InChI is InChI=1S/C10H16F4O4S/c1-3-8(15)18-7-5-4-6-9(11,12)10(13,14)19(2,16)17/h3-7H2,1-2H3. The fourth-order valence-corrected chi connectivity index (χ4v) is 1.80. The fraction of sp³-hybridized carbons (Fsp3) is 0.900. The Bertz CT molecular complexity index is 406. The minimum Gasteiger partial charge on any atom is -0.466 e. The summed E-state index contributed by atoms with van der Waals surface area (Å²) in [5, 5.41) is -5.10. The van der Waals surface area contributed by atoms with E-state index >= 15 is 0 Å². The van der Waals surface area contributed by atoms with Gasteiger partial charge in [-0.05, 0) is 12.8 Å². The Kier molecular flexibility index (Phi) is 6.24. The van der Waals surface area contributed by atoms with Crippen LogP contribution in [-0.4, -0.2) is 38.4 Å². The van der Waals surface area contributed by atoms with E-state index in [0.29, 0.717) is 0 Å². The molecule has 0 aliphatic heterocycles. The van der Waals surface area contributed by atoms with Gasteiger partial charge in [-0.15, -0.1) is 0 Å². The van der Waals surface area contributed by atoms with Crippen LogP contribution in [0.5, 0.6) is 0 Å². The van der Waals surface area contributed by atoms with Crippen LogP contribution in [0.25, 0.3) is 0 Å². The van der Waals surface area contributed by atoms with E-state index in [9.17, 15) is 30.8 Å². The predicted molar refractivity (Wildman–Crippen MR) is 59.8 cm³/mol. The summed E-state index contributed by atoms with van der Waals surface area (Å²) in [5.41, 5.74) is 0. The summed E-state index contributed by atoms with van der Waals surface area (Å²) in [6, 6.07) is 0. The quantitative estimate of drug-likeness (QED) is 0.392. The number of alkyl halides is 4. The van der Waals surface area contributed by atoms with Crippen molar-refractivity contribution < 1.29 is 35.5 Å². The molecule has 0 aliphatic rings. The highest BCUT2D eigenvalue weighted by molar-refractivity contribution is 7.91. The molecule has 0 saturated heterocycles. The Morgan fingerprint density at radius 2 is 1.68 bits per heavy atom. The van der Waals surface area contributed by atoms with Crippen molar-refractivity contribution in [2.45, 2.75) is 43.8 Å². The van der Waals surface area contributed by atoms with Gasteiger partial charge >= 0.3 is 17.1 Å². The maximum atomic E-state index is 13.1. The van der Waals surface area contributed by atoms with Crippen molar-refractivity contribution in [1.82, 2.24) is 0 Å². The van der Waals surface area contributed by atoms with Gasteiger partial charge in [0.15, 0.2) is 0 Å². The molecular weight excluding hydrogens is 292 g/mol. The molecule has 19 heavy (non-hydrogen) atoms. The normalized spacial score (nSPS) is 13.4. The van der Waals surface area contributed by atoms with E-state index in [1.807, 2.05) is 0 Å². The molecule has 0 amide bonds. The number of rotatable bonds is 8. The molecule has 0 N–H and O–H groups in total. The van der Waals surface area contributed by atoms with Crippen LogP contribution < -0.4 is 0 Å². The lowest BCUT2D eigenvalue weighted by Gasteiger charge is -2.24. The van der Waals surface area contributed by atoms with Crippen molar-refractivity contribution in [1.29, 1.82) is 0 Å². The second kappa shape index (κ2) is 6.53. The summed E-state index contributed by atoms with van der Waals surface area (Å²) in [6.07, 6.45) is -1.53. The molecule has 0 fully saturated rings. The van der Waals surface area contributed by atoms with Gasteiger partial charge in [0, 0.05) is 19.1 Å². The van der Waals surface area contributed by atoms with Gasteiger partial charge in [-0.2, -0.15) is 17.6 Å². The van der Waals surface area contributed by atoms with E-state index in [0.717, 1.165) is 0 Å². The van der Waals surface area contributed by atoms with Gasteiger partial charge in [0.05, 0.1) is 6.61 Å². The SMILES string of the molecule is CCC(=O)OCCCCC(F)(F)C(F)(F)S(C)(=O)=O. The van der Waals surface area contributed by atoms with Gasteiger partial charge in [0.1, 0.15) is 0 Å². The van der Waals surface area contributed by atoms with Crippen LogP contribution in [0.3, 0.4) is 0 Å². The summed E-state index contributed by atoms with van der Waals surface area (Å²) in [6.45, 7) is 1.39. The first kappa shape index (κ1) is 18.1. The summed E-state index contributed by atoms with van der Waals surface area (Å²) < 4.78 is 78.0. The number of hydrogen-bond donors (Lipinski definition) is 0. The van der Waals surface area contributed by atoms with Gasteiger partial charge in [-0.25, -0.2) is 8.42 Å². The third kappa shape index (κ3) is 4.96. The zero-order valence-electron chi connectivity index (χ0n) is 10.6. The molecule has 0 bridgehead atoms. The summed E-state index contributed by atoms with van der Waals surface area (Å²) >= 11 is 0. The Morgan fingerprint density at radius 1 is 1.16 bits per heavy atom. The van der Waals surface area contributed by atoms with E-state index < -0.39 is 33.4 Å². The first-order chi connectivity index (χ1) is 8.45. The minimum atomic E-state index is -5.19. The molecule has 0 atom stereocenters. The van der Waals surface area contributed by atoms with E-state index in [1.54, 1.807) is 6.92 Å². The van der Waals surface area contributed by atoms with Crippen molar-refractivity contribution >= 4 is 15.8 Å². The largest absolute Gasteiger partial charge is 0.466 e. The Hall–Kier alpha value is -0.860. The third-order valence-corrected chi connectivity index (χ3v) is 3.56. The van der Waals surface area contributed by atoms with Gasteiger partial charge in [0.2, 0.25) is 9.84 Å². The number of sulfone groups is 1. The van der Waals surface area contributed by atoms with Gasteiger partial charge in [-0.1, -0.05) is 6.92 Å². The maximum Gasteiger partial charge on any atom is 0.406 e. The molecule has 0 aliphatic carbocycles. The molecule has 0 aromatic heterocycles. The van der Waals surface area contributed by atoms with Crippen molar-refractivity contribution in [3.63, 3.8) is 0 Å². The van der Waals surface area contributed by atoms with Gasteiger partial charge in [-0.3, -0.25) is 4.79 Å². The van der Waals surface area contributed by atoms with Crippen LogP contribution in [0, 0.1) is 0 Å². The van der Waals surface area contributed by atoms with Gasteiger partial charge < -0.3 is 4.74 Å². The molecule has 0 aromatic rings. The van der Waals surface area contributed by atoms with E-state index in [1.165, 1.54) is 0 Å². The minimum absolute atomic E-state index is 0.0405. The topological polar surface area (TPSA) is 60.4 Å². The molecule has 0 rings (SSSR count). The van der Waals surface area contributed by atoms with Crippen LogP contribution in [0.4, 0.5) is 17.6 Å². The number of unbranched alkanes of at least 4 members (excludes halogenated alkanes) is 1. The summed E-state index contributed by atoms with van der Waals surface area (Å²) in [4.78, 5) is 10.7. The molecular formula is C10H16F4O4S. The molecule has 4 nitrogen and oxygen atoms in total. The first-order valence-electron chi connectivity index (χ1n) is 5.56. The summed E-state index contributed by atoms with van der Waals surface area (Å²) in [5.74, 6) is -5.16.